The fourth-order valence-electron chi connectivity index (χ4n) is 1.43. The van der Waals surface area contributed by atoms with E-state index in [-0.39, 0.29) is 0 Å². The van der Waals surface area contributed by atoms with Gasteiger partial charge in [-0.1, -0.05) is 25.0 Å². The Balaban J connectivity index is 2.15. The van der Waals surface area contributed by atoms with Gasteiger partial charge in [-0.15, -0.1) is 11.6 Å². The molecule has 1 aromatic rings. The van der Waals surface area contributed by atoms with E-state index in [0.717, 1.165) is 12.3 Å². The van der Waals surface area contributed by atoms with E-state index in [4.69, 9.17) is 11.6 Å². The smallest absolute Gasteiger partial charge is 0.0223 e. The van der Waals surface area contributed by atoms with Crippen LogP contribution in [0.3, 0.4) is 0 Å². The summed E-state index contributed by atoms with van der Waals surface area (Å²) >= 11 is 7.95. The molecule has 0 spiro atoms. The third-order valence-corrected chi connectivity index (χ3v) is 3.25. The van der Waals surface area contributed by atoms with Crippen LogP contribution in [0.25, 0.3) is 0 Å². The van der Waals surface area contributed by atoms with Crippen molar-refractivity contribution in [1.29, 1.82) is 0 Å². The molecule has 0 saturated heterocycles. The molecule has 0 amide bonds. The number of benzene rings is 1. The molecule has 0 aliphatic heterocycles. The van der Waals surface area contributed by atoms with E-state index in [0.29, 0.717) is 0 Å². The van der Waals surface area contributed by atoms with Crippen LogP contribution in [0.4, 0.5) is 0 Å². The summed E-state index contributed by atoms with van der Waals surface area (Å²) in [5, 5.41) is 0. The monoisotopic (exact) mass is 322 g/mol. The zero-order chi connectivity index (χ0) is 10.2. The molecule has 0 saturated carbocycles. The van der Waals surface area contributed by atoms with Crippen LogP contribution in [-0.4, -0.2) is 5.88 Å². The fourth-order valence-corrected chi connectivity index (χ4v) is 1.98. The Labute approximate surface area is 105 Å². The Bertz CT molecular complexity index is 243. The standard InChI is InChI=1S/C12H16ClI/c13-10-4-2-1-3-5-11-6-8-12(14)9-7-11/h6-9H,1-5,10H2. The molecule has 0 unspecified atom stereocenters. The van der Waals surface area contributed by atoms with Crippen LogP contribution in [0.2, 0.25) is 0 Å². The second-order valence-corrected chi connectivity index (χ2v) is 5.10. The number of hydrogen-bond donors (Lipinski definition) is 0. The van der Waals surface area contributed by atoms with Gasteiger partial charge >= 0.3 is 0 Å². The maximum atomic E-state index is 5.61. The molecular weight excluding hydrogens is 306 g/mol. The van der Waals surface area contributed by atoms with Gasteiger partial charge < -0.3 is 0 Å². The van der Waals surface area contributed by atoms with E-state index < -0.39 is 0 Å². The van der Waals surface area contributed by atoms with Crippen LogP contribution in [-0.2, 0) is 6.42 Å². The van der Waals surface area contributed by atoms with E-state index >= 15 is 0 Å². The highest BCUT2D eigenvalue weighted by Crippen LogP contribution is 2.11. The van der Waals surface area contributed by atoms with Crippen molar-refractivity contribution in [1.82, 2.24) is 0 Å². The zero-order valence-electron chi connectivity index (χ0n) is 8.31. The molecule has 1 rings (SSSR count). The number of unbranched alkanes of at least 4 members (excludes halogenated alkanes) is 3. The molecule has 0 radical (unpaired) electrons. The molecule has 0 fully saturated rings. The topological polar surface area (TPSA) is 0 Å². The van der Waals surface area contributed by atoms with E-state index in [1.165, 1.54) is 34.8 Å². The Kier molecular flexibility index (Phi) is 6.61. The second kappa shape index (κ2) is 7.52. The highest BCUT2D eigenvalue weighted by atomic mass is 127. The van der Waals surface area contributed by atoms with Crippen molar-refractivity contribution in [2.75, 3.05) is 5.88 Å². The maximum absolute atomic E-state index is 5.61. The normalized spacial score (nSPS) is 10.4. The first-order chi connectivity index (χ1) is 6.83. The molecule has 78 valence electrons. The van der Waals surface area contributed by atoms with Crippen LogP contribution in [0.1, 0.15) is 31.2 Å². The largest absolute Gasteiger partial charge is 0.127 e. The summed E-state index contributed by atoms with van der Waals surface area (Å²) in [7, 11) is 0. The third kappa shape index (κ3) is 5.20. The van der Waals surface area contributed by atoms with Gasteiger partial charge in [-0.05, 0) is 59.5 Å². The van der Waals surface area contributed by atoms with Crippen molar-refractivity contribution < 1.29 is 0 Å². The molecule has 1 aromatic carbocycles. The Morgan fingerprint density at radius 1 is 0.929 bits per heavy atom. The van der Waals surface area contributed by atoms with Crippen molar-refractivity contribution >= 4 is 34.2 Å². The summed E-state index contributed by atoms with van der Waals surface area (Å²) in [6.07, 6.45) is 6.23. The van der Waals surface area contributed by atoms with Crippen molar-refractivity contribution in [2.45, 2.75) is 32.1 Å². The number of alkyl halides is 1. The molecule has 2 heteroatoms. The molecule has 0 nitrogen and oxygen atoms in total. The summed E-state index contributed by atoms with van der Waals surface area (Å²) in [5.74, 6) is 0.809. The molecule has 0 aliphatic carbocycles. The van der Waals surface area contributed by atoms with Crippen molar-refractivity contribution in [3.8, 4) is 0 Å². The first kappa shape index (κ1) is 12.3. The minimum absolute atomic E-state index is 0.809. The van der Waals surface area contributed by atoms with Crippen LogP contribution in [0.5, 0.6) is 0 Å². The number of rotatable bonds is 6. The summed E-state index contributed by atoms with van der Waals surface area (Å²) in [6, 6.07) is 8.80. The summed E-state index contributed by atoms with van der Waals surface area (Å²) in [5.41, 5.74) is 1.45. The molecule has 0 N–H and O–H groups in total. The van der Waals surface area contributed by atoms with Gasteiger partial charge in [-0.3, -0.25) is 0 Å². The summed E-state index contributed by atoms with van der Waals surface area (Å²) < 4.78 is 1.31. The lowest BCUT2D eigenvalue weighted by atomic mass is 10.1. The average Bonchev–Trinajstić information content (AvgIpc) is 2.21. The molecule has 0 aliphatic rings. The fraction of sp³-hybridized carbons (Fsp3) is 0.500. The SMILES string of the molecule is ClCCCCCCc1ccc(I)cc1. The average molecular weight is 323 g/mol. The van der Waals surface area contributed by atoms with Crippen molar-refractivity contribution in [3.05, 3.63) is 33.4 Å². The molecule has 14 heavy (non-hydrogen) atoms. The molecular formula is C12H16ClI. The molecule has 0 atom stereocenters. The van der Waals surface area contributed by atoms with Gasteiger partial charge in [0.25, 0.3) is 0 Å². The Hall–Kier alpha value is 0.240. The van der Waals surface area contributed by atoms with Crippen LogP contribution in [0, 0.1) is 3.57 Å². The van der Waals surface area contributed by atoms with Gasteiger partial charge in [-0.2, -0.15) is 0 Å². The second-order valence-electron chi connectivity index (χ2n) is 3.48. The minimum Gasteiger partial charge on any atom is -0.127 e. The number of halogens is 2. The highest BCUT2D eigenvalue weighted by Gasteiger charge is 1.93. The van der Waals surface area contributed by atoms with Crippen molar-refractivity contribution in [3.63, 3.8) is 0 Å². The van der Waals surface area contributed by atoms with E-state index in [1.807, 2.05) is 0 Å². The zero-order valence-corrected chi connectivity index (χ0v) is 11.2. The first-order valence-electron chi connectivity index (χ1n) is 5.13. The molecule has 0 aromatic heterocycles. The van der Waals surface area contributed by atoms with Gasteiger partial charge in [0.15, 0.2) is 0 Å². The van der Waals surface area contributed by atoms with E-state index in [1.54, 1.807) is 0 Å². The molecule has 0 bridgehead atoms. The van der Waals surface area contributed by atoms with Crippen LogP contribution in [0.15, 0.2) is 24.3 Å². The molecule has 0 heterocycles. The van der Waals surface area contributed by atoms with E-state index in [2.05, 4.69) is 46.9 Å². The summed E-state index contributed by atoms with van der Waals surface area (Å²) in [4.78, 5) is 0. The third-order valence-electron chi connectivity index (χ3n) is 2.26. The van der Waals surface area contributed by atoms with Gasteiger partial charge in [0.2, 0.25) is 0 Å². The van der Waals surface area contributed by atoms with Crippen LogP contribution < -0.4 is 0 Å². The van der Waals surface area contributed by atoms with Crippen LogP contribution >= 0.6 is 34.2 Å². The quantitative estimate of drug-likeness (QED) is 0.407. The van der Waals surface area contributed by atoms with Gasteiger partial charge in [0.1, 0.15) is 0 Å². The number of aryl methyl sites for hydroxylation is 1. The predicted molar refractivity (Wildman–Crippen MR) is 72.1 cm³/mol. The van der Waals surface area contributed by atoms with Gasteiger partial charge in [-0.25, -0.2) is 0 Å². The predicted octanol–water partition coefficient (Wildman–Crippen LogP) is 4.63. The first-order valence-corrected chi connectivity index (χ1v) is 6.74. The van der Waals surface area contributed by atoms with Gasteiger partial charge in [0, 0.05) is 9.45 Å². The highest BCUT2D eigenvalue weighted by molar-refractivity contribution is 14.1. The minimum atomic E-state index is 0.809. The van der Waals surface area contributed by atoms with Crippen molar-refractivity contribution in [2.24, 2.45) is 0 Å². The maximum Gasteiger partial charge on any atom is 0.0223 e. The lowest BCUT2D eigenvalue weighted by molar-refractivity contribution is 0.669. The number of hydrogen-bond acceptors (Lipinski definition) is 0. The van der Waals surface area contributed by atoms with E-state index in [9.17, 15) is 0 Å². The lowest BCUT2D eigenvalue weighted by Crippen LogP contribution is -1.86. The van der Waals surface area contributed by atoms with Gasteiger partial charge in [0.05, 0.1) is 0 Å². The summed E-state index contributed by atoms with van der Waals surface area (Å²) in [6.45, 7) is 0. The Morgan fingerprint density at radius 2 is 1.57 bits per heavy atom. The Morgan fingerprint density at radius 3 is 2.21 bits per heavy atom. The lowest BCUT2D eigenvalue weighted by Gasteiger charge is -2.01.